The predicted molar refractivity (Wildman–Crippen MR) is 146 cm³/mol. The van der Waals surface area contributed by atoms with Crippen molar-refractivity contribution in [3.63, 3.8) is 0 Å². The van der Waals surface area contributed by atoms with Crippen molar-refractivity contribution in [1.29, 1.82) is 0 Å². The molecule has 37 heavy (non-hydrogen) atoms. The summed E-state index contributed by atoms with van der Waals surface area (Å²) in [5, 5.41) is 2.99. The highest BCUT2D eigenvalue weighted by Crippen LogP contribution is 2.46. The van der Waals surface area contributed by atoms with Gasteiger partial charge in [0.05, 0.1) is 4.90 Å². The van der Waals surface area contributed by atoms with Crippen LogP contribution in [0.3, 0.4) is 0 Å². The van der Waals surface area contributed by atoms with Crippen LogP contribution in [0.1, 0.15) is 43.9 Å². The summed E-state index contributed by atoms with van der Waals surface area (Å²) in [6.45, 7) is 9.29. The van der Waals surface area contributed by atoms with Crippen LogP contribution >= 0.6 is 0 Å². The van der Waals surface area contributed by atoms with Gasteiger partial charge in [-0.15, -0.1) is 0 Å². The fourth-order valence-corrected chi connectivity index (χ4v) is 6.06. The molecule has 4 rings (SSSR count). The highest BCUT2D eigenvalue weighted by atomic mass is 32.2. The summed E-state index contributed by atoms with van der Waals surface area (Å²) in [7, 11) is -2.14. The second-order valence-corrected chi connectivity index (χ2v) is 12.3. The van der Waals surface area contributed by atoms with E-state index in [1.54, 1.807) is 23.1 Å². The van der Waals surface area contributed by atoms with Gasteiger partial charge in [0, 0.05) is 24.2 Å². The molecular weight excluding hydrogens is 489 g/mol. The Bertz CT molecular complexity index is 1420. The number of carbonyl (C=O) groups excluding carboxylic acids is 1. The Morgan fingerprint density at radius 3 is 2.41 bits per heavy atom. The first-order valence-electron chi connectivity index (χ1n) is 12.4. The van der Waals surface area contributed by atoms with E-state index in [0.717, 1.165) is 39.9 Å². The van der Waals surface area contributed by atoms with Crippen molar-refractivity contribution in [3.8, 4) is 11.1 Å². The molecular formula is C29H34FN3O3S. The van der Waals surface area contributed by atoms with Crippen LogP contribution in [0.2, 0.25) is 0 Å². The lowest BCUT2D eigenvalue weighted by molar-refractivity contribution is 0.244. The lowest BCUT2D eigenvalue weighted by Gasteiger charge is -2.28. The first-order valence-corrected chi connectivity index (χ1v) is 13.9. The van der Waals surface area contributed by atoms with Gasteiger partial charge in [0.1, 0.15) is 5.82 Å². The molecule has 0 saturated carbocycles. The number of halogens is 1. The molecule has 2 amide bonds. The van der Waals surface area contributed by atoms with Crippen molar-refractivity contribution in [2.75, 3.05) is 18.5 Å². The Labute approximate surface area is 219 Å². The quantitative estimate of drug-likeness (QED) is 0.414. The summed E-state index contributed by atoms with van der Waals surface area (Å²) < 4.78 is 39.9. The number of hydrogen-bond acceptors (Lipinski definition) is 3. The first-order chi connectivity index (χ1) is 17.4. The zero-order valence-corrected chi connectivity index (χ0v) is 22.7. The maximum absolute atomic E-state index is 13.7. The van der Waals surface area contributed by atoms with Crippen molar-refractivity contribution in [2.24, 2.45) is 5.92 Å². The van der Waals surface area contributed by atoms with E-state index >= 15 is 0 Å². The highest BCUT2D eigenvalue weighted by molar-refractivity contribution is 7.89. The molecule has 2 N–H and O–H groups in total. The zero-order chi connectivity index (χ0) is 27.0. The monoisotopic (exact) mass is 523 g/mol. The molecule has 1 aliphatic heterocycles. The number of nitrogens with zero attached hydrogens (tertiary/aromatic N) is 1. The topological polar surface area (TPSA) is 78.5 Å². The number of fused-ring (bicyclic) bond motifs is 1. The number of aryl methyl sites for hydroxylation is 1. The normalized spacial score (nSPS) is 17.2. The van der Waals surface area contributed by atoms with E-state index in [1.165, 1.54) is 31.3 Å². The number of amides is 2. The lowest BCUT2D eigenvalue weighted by atomic mass is 9.77. The molecule has 1 unspecified atom stereocenters. The van der Waals surface area contributed by atoms with E-state index in [1.807, 2.05) is 19.1 Å². The number of benzene rings is 3. The number of carbonyl (C=O) groups is 1. The van der Waals surface area contributed by atoms with Crippen LogP contribution in [-0.4, -0.2) is 28.0 Å². The van der Waals surface area contributed by atoms with E-state index in [0.29, 0.717) is 12.5 Å². The molecule has 1 aliphatic rings. The van der Waals surface area contributed by atoms with Crippen LogP contribution in [-0.2, 0) is 22.0 Å². The standard InChI is InChI=1S/C29H34FN3O3S/c1-19(2)16-29(4)18-33(28(34)32-17-21-6-10-24(11-7-21)37(35,36)31-5)27-13-8-22(15-26(27)29)25-12-9-23(30)14-20(25)3/h6-15,19,31H,16-18H2,1-5H3,(H,32,34). The van der Waals surface area contributed by atoms with Crippen molar-refractivity contribution in [1.82, 2.24) is 10.0 Å². The van der Waals surface area contributed by atoms with Crippen LogP contribution < -0.4 is 14.9 Å². The molecule has 1 heterocycles. The van der Waals surface area contributed by atoms with E-state index in [4.69, 9.17) is 0 Å². The average Bonchev–Trinajstić information content (AvgIpc) is 3.14. The largest absolute Gasteiger partial charge is 0.334 e. The number of anilines is 1. The molecule has 1 atom stereocenters. The minimum absolute atomic E-state index is 0.176. The van der Waals surface area contributed by atoms with Gasteiger partial charge in [-0.1, -0.05) is 45.0 Å². The molecule has 0 radical (unpaired) electrons. The van der Waals surface area contributed by atoms with Gasteiger partial charge in [0.15, 0.2) is 0 Å². The van der Waals surface area contributed by atoms with Gasteiger partial charge in [-0.3, -0.25) is 4.90 Å². The summed E-state index contributed by atoms with van der Waals surface area (Å²) in [6, 6.07) is 17.2. The summed E-state index contributed by atoms with van der Waals surface area (Å²) >= 11 is 0. The van der Waals surface area contributed by atoms with Gasteiger partial charge in [0.2, 0.25) is 10.0 Å². The van der Waals surface area contributed by atoms with Crippen LogP contribution in [0.25, 0.3) is 11.1 Å². The smallest absolute Gasteiger partial charge is 0.322 e. The van der Waals surface area contributed by atoms with E-state index in [9.17, 15) is 17.6 Å². The molecule has 3 aromatic rings. The maximum Gasteiger partial charge on any atom is 0.322 e. The fraction of sp³-hybridized carbons (Fsp3) is 0.345. The number of urea groups is 1. The van der Waals surface area contributed by atoms with Crippen LogP contribution in [0.15, 0.2) is 65.6 Å². The minimum atomic E-state index is -3.51. The van der Waals surface area contributed by atoms with Crippen molar-refractivity contribution < 1.29 is 17.6 Å². The minimum Gasteiger partial charge on any atom is -0.334 e. The van der Waals surface area contributed by atoms with Crippen molar-refractivity contribution in [2.45, 2.75) is 51.0 Å². The van der Waals surface area contributed by atoms with Gasteiger partial charge in [0.25, 0.3) is 0 Å². The second kappa shape index (κ2) is 10.3. The number of sulfonamides is 1. The molecule has 0 bridgehead atoms. The molecule has 0 saturated heterocycles. The van der Waals surface area contributed by atoms with Gasteiger partial charge in [-0.25, -0.2) is 22.3 Å². The number of rotatable bonds is 7. The summed E-state index contributed by atoms with van der Waals surface area (Å²) in [4.78, 5) is 15.3. The average molecular weight is 524 g/mol. The van der Waals surface area contributed by atoms with Gasteiger partial charge >= 0.3 is 6.03 Å². The molecule has 0 spiro atoms. The van der Waals surface area contributed by atoms with Crippen LogP contribution in [0.5, 0.6) is 0 Å². The molecule has 3 aromatic carbocycles. The molecule has 8 heteroatoms. The number of hydrogen-bond donors (Lipinski definition) is 2. The summed E-state index contributed by atoms with van der Waals surface area (Å²) in [6.07, 6.45) is 0.914. The molecule has 196 valence electrons. The Morgan fingerprint density at radius 2 is 1.78 bits per heavy atom. The molecule has 0 fully saturated rings. The van der Waals surface area contributed by atoms with Gasteiger partial charge < -0.3 is 5.32 Å². The highest BCUT2D eigenvalue weighted by Gasteiger charge is 2.41. The lowest BCUT2D eigenvalue weighted by Crippen LogP contribution is -2.42. The van der Waals surface area contributed by atoms with E-state index in [-0.39, 0.29) is 28.7 Å². The third-order valence-electron chi connectivity index (χ3n) is 6.99. The second-order valence-electron chi connectivity index (χ2n) is 10.4. The Morgan fingerprint density at radius 1 is 1.08 bits per heavy atom. The molecule has 0 aliphatic carbocycles. The fourth-order valence-electron chi connectivity index (χ4n) is 5.33. The SMILES string of the molecule is CNS(=O)(=O)c1ccc(CNC(=O)N2CC(C)(CC(C)C)c3cc(-c4ccc(F)cc4C)ccc32)cc1. The summed E-state index contributed by atoms with van der Waals surface area (Å²) in [5.74, 6) is 0.178. The summed E-state index contributed by atoms with van der Waals surface area (Å²) in [5.41, 5.74) is 5.40. The van der Waals surface area contributed by atoms with Crippen LogP contribution in [0.4, 0.5) is 14.9 Å². The predicted octanol–water partition coefficient (Wildman–Crippen LogP) is 5.74. The zero-order valence-electron chi connectivity index (χ0n) is 21.9. The number of nitrogens with one attached hydrogen (secondary N) is 2. The van der Waals surface area contributed by atoms with E-state index < -0.39 is 10.0 Å². The van der Waals surface area contributed by atoms with E-state index in [2.05, 4.69) is 36.9 Å². The van der Waals surface area contributed by atoms with Gasteiger partial charge in [-0.2, -0.15) is 0 Å². The van der Waals surface area contributed by atoms with Crippen molar-refractivity contribution in [3.05, 3.63) is 83.2 Å². The molecule has 6 nitrogen and oxygen atoms in total. The van der Waals surface area contributed by atoms with Gasteiger partial charge in [-0.05, 0) is 90.5 Å². The van der Waals surface area contributed by atoms with Crippen molar-refractivity contribution >= 4 is 21.7 Å². The maximum atomic E-state index is 13.7. The Kier molecular flexibility index (Phi) is 7.44. The van der Waals surface area contributed by atoms with Crippen LogP contribution in [0, 0.1) is 18.7 Å². The molecule has 0 aromatic heterocycles. The Balaban J connectivity index is 1.59. The first kappa shape index (κ1) is 26.8. The third kappa shape index (κ3) is 5.55. The third-order valence-corrected chi connectivity index (χ3v) is 8.42. The Hall–Kier alpha value is -3.23.